The second-order valence-corrected chi connectivity index (χ2v) is 6.13. The highest BCUT2D eigenvalue weighted by atomic mass is 16.1. The second-order valence-electron chi connectivity index (χ2n) is 6.13. The molecule has 0 saturated carbocycles. The zero-order valence-corrected chi connectivity index (χ0v) is 13.0. The quantitative estimate of drug-likeness (QED) is 0.930. The van der Waals surface area contributed by atoms with E-state index in [4.69, 9.17) is 5.73 Å². The first-order valence-corrected chi connectivity index (χ1v) is 7.61. The van der Waals surface area contributed by atoms with Crippen LogP contribution in [0.5, 0.6) is 0 Å². The molecule has 3 rings (SSSR count). The average Bonchev–Trinajstić information content (AvgIpc) is 2.89. The third kappa shape index (κ3) is 2.68. The normalized spacial score (nSPS) is 14.2. The lowest BCUT2D eigenvalue weighted by atomic mass is 10.0. The lowest BCUT2D eigenvalue weighted by Crippen LogP contribution is -2.33. The summed E-state index contributed by atoms with van der Waals surface area (Å²) in [6, 6.07) is 8.43. The van der Waals surface area contributed by atoms with Crippen LogP contribution in [0.25, 0.3) is 0 Å². The number of carbonyl (C=O) groups is 1. The van der Waals surface area contributed by atoms with Crippen LogP contribution in [-0.4, -0.2) is 27.2 Å². The third-order valence-electron chi connectivity index (χ3n) is 3.91. The molecule has 2 N–H and O–H groups in total. The summed E-state index contributed by atoms with van der Waals surface area (Å²) in [6.07, 6.45) is 0.969. The van der Waals surface area contributed by atoms with Crippen molar-refractivity contribution in [3.05, 3.63) is 41.2 Å². The summed E-state index contributed by atoms with van der Waals surface area (Å²) in [5, 5.41) is 8.22. The summed E-state index contributed by atoms with van der Waals surface area (Å²) in [5.74, 6) is 0.821. The Labute approximate surface area is 129 Å². The number of fused-ring (bicyclic) bond motifs is 1. The molecule has 1 aromatic heterocycles. The van der Waals surface area contributed by atoms with Crippen molar-refractivity contribution >= 4 is 11.9 Å². The van der Waals surface area contributed by atoms with Crippen molar-refractivity contribution in [2.24, 2.45) is 11.7 Å². The fourth-order valence-corrected chi connectivity index (χ4v) is 2.91. The van der Waals surface area contributed by atoms with E-state index in [2.05, 4.69) is 53.2 Å². The molecular formula is C16H21N5O. The van der Waals surface area contributed by atoms with Crippen LogP contribution in [-0.2, 0) is 19.5 Å². The number of nitrogens with zero attached hydrogens (tertiary/aromatic N) is 4. The zero-order chi connectivity index (χ0) is 15.7. The predicted molar refractivity (Wildman–Crippen MR) is 84.6 cm³/mol. The Morgan fingerprint density at radius 3 is 2.68 bits per heavy atom. The molecule has 0 atom stereocenters. The van der Waals surface area contributed by atoms with Gasteiger partial charge in [-0.25, -0.2) is 0 Å². The Balaban J connectivity index is 1.94. The SMILES string of the molecule is CC(C)Cn1c(C(N)=O)nnc1N1CCc2ccccc2C1. The average molecular weight is 299 g/mol. The van der Waals surface area contributed by atoms with E-state index in [1.165, 1.54) is 11.1 Å². The Morgan fingerprint density at radius 2 is 2.00 bits per heavy atom. The van der Waals surface area contributed by atoms with Crippen LogP contribution in [0, 0.1) is 5.92 Å². The molecule has 22 heavy (non-hydrogen) atoms. The van der Waals surface area contributed by atoms with Crippen molar-refractivity contribution in [3.63, 3.8) is 0 Å². The summed E-state index contributed by atoms with van der Waals surface area (Å²) in [6.45, 7) is 6.52. The van der Waals surface area contributed by atoms with Gasteiger partial charge in [0.05, 0.1) is 0 Å². The molecule has 1 aliphatic heterocycles. The maximum atomic E-state index is 11.6. The third-order valence-corrected chi connectivity index (χ3v) is 3.91. The minimum atomic E-state index is -0.531. The van der Waals surface area contributed by atoms with Gasteiger partial charge in [0, 0.05) is 19.6 Å². The summed E-state index contributed by atoms with van der Waals surface area (Å²) in [5.41, 5.74) is 8.11. The Morgan fingerprint density at radius 1 is 1.27 bits per heavy atom. The second kappa shape index (κ2) is 5.79. The largest absolute Gasteiger partial charge is 0.363 e. The van der Waals surface area contributed by atoms with Gasteiger partial charge in [0.2, 0.25) is 11.8 Å². The topological polar surface area (TPSA) is 77.0 Å². The molecular weight excluding hydrogens is 278 g/mol. The fraction of sp³-hybridized carbons (Fsp3) is 0.438. The number of aromatic nitrogens is 3. The van der Waals surface area contributed by atoms with E-state index >= 15 is 0 Å². The first-order valence-electron chi connectivity index (χ1n) is 7.61. The number of benzene rings is 1. The monoisotopic (exact) mass is 299 g/mol. The smallest absolute Gasteiger partial charge is 0.286 e. The molecule has 0 saturated heterocycles. The molecule has 1 amide bonds. The van der Waals surface area contributed by atoms with Gasteiger partial charge < -0.3 is 10.6 Å². The van der Waals surface area contributed by atoms with Crippen molar-refractivity contribution in [1.82, 2.24) is 14.8 Å². The number of amides is 1. The molecule has 6 heteroatoms. The highest BCUT2D eigenvalue weighted by molar-refractivity contribution is 5.89. The first-order chi connectivity index (χ1) is 10.6. The number of primary amides is 1. The van der Waals surface area contributed by atoms with Crippen molar-refractivity contribution in [1.29, 1.82) is 0 Å². The fourth-order valence-electron chi connectivity index (χ4n) is 2.91. The molecule has 2 heterocycles. The lowest BCUT2D eigenvalue weighted by molar-refractivity contribution is 0.0985. The van der Waals surface area contributed by atoms with E-state index < -0.39 is 5.91 Å². The van der Waals surface area contributed by atoms with Gasteiger partial charge in [-0.1, -0.05) is 38.1 Å². The maximum Gasteiger partial charge on any atom is 0.286 e. The predicted octanol–water partition coefficient (Wildman–Crippen LogP) is 1.60. The van der Waals surface area contributed by atoms with Crippen molar-refractivity contribution in [2.45, 2.75) is 33.4 Å². The molecule has 0 radical (unpaired) electrons. The van der Waals surface area contributed by atoms with Crippen LogP contribution in [0.1, 0.15) is 35.6 Å². The number of rotatable bonds is 4. The van der Waals surface area contributed by atoms with E-state index in [9.17, 15) is 4.79 Å². The van der Waals surface area contributed by atoms with Crippen LogP contribution in [0.2, 0.25) is 0 Å². The van der Waals surface area contributed by atoms with Gasteiger partial charge in [0.15, 0.2) is 0 Å². The Kier molecular flexibility index (Phi) is 3.83. The van der Waals surface area contributed by atoms with Crippen LogP contribution < -0.4 is 10.6 Å². The van der Waals surface area contributed by atoms with Gasteiger partial charge >= 0.3 is 0 Å². The Bertz CT molecular complexity index is 692. The number of carbonyl (C=O) groups excluding carboxylic acids is 1. The molecule has 0 spiro atoms. The number of anilines is 1. The van der Waals surface area contributed by atoms with Gasteiger partial charge in [0.25, 0.3) is 5.91 Å². The van der Waals surface area contributed by atoms with E-state index in [-0.39, 0.29) is 5.82 Å². The molecule has 2 aromatic rings. The van der Waals surface area contributed by atoms with Gasteiger partial charge in [-0.3, -0.25) is 9.36 Å². The highest BCUT2D eigenvalue weighted by Crippen LogP contribution is 2.24. The van der Waals surface area contributed by atoms with Crippen LogP contribution in [0.4, 0.5) is 5.95 Å². The summed E-state index contributed by atoms with van der Waals surface area (Å²) < 4.78 is 1.85. The van der Waals surface area contributed by atoms with E-state index in [0.29, 0.717) is 12.5 Å². The Hall–Kier alpha value is -2.37. The molecule has 116 valence electrons. The molecule has 0 aliphatic carbocycles. The summed E-state index contributed by atoms with van der Waals surface area (Å²) in [7, 11) is 0. The van der Waals surface area contributed by atoms with Crippen molar-refractivity contribution in [2.75, 3.05) is 11.4 Å². The lowest BCUT2D eigenvalue weighted by Gasteiger charge is -2.30. The number of hydrogen-bond acceptors (Lipinski definition) is 4. The minimum Gasteiger partial charge on any atom is -0.363 e. The van der Waals surface area contributed by atoms with E-state index in [0.717, 1.165) is 25.5 Å². The number of hydrogen-bond donors (Lipinski definition) is 1. The summed E-state index contributed by atoms with van der Waals surface area (Å²) >= 11 is 0. The van der Waals surface area contributed by atoms with Crippen LogP contribution >= 0.6 is 0 Å². The van der Waals surface area contributed by atoms with Gasteiger partial charge in [-0.2, -0.15) is 0 Å². The standard InChI is InChI=1S/C16H21N5O/c1-11(2)9-21-15(14(17)22)18-19-16(21)20-8-7-12-5-3-4-6-13(12)10-20/h3-6,11H,7-10H2,1-2H3,(H2,17,22). The highest BCUT2D eigenvalue weighted by Gasteiger charge is 2.24. The van der Waals surface area contributed by atoms with Gasteiger partial charge in [0.1, 0.15) is 0 Å². The van der Waals surface area contributed by atoms with Crippen molar-refractivity contribution < 1.29 is 4.79 Å². The van der Waals surface area contributed by atoms with Crippen molar-refractivity contribution in [3.8, 4) is 0 Å². The molecule has 1 aliphatic rings. The minimum absolute atomic E-state index is 0.238. The summed E-state index contributed by atoms with van der Waals surface area (Å²) in [4.78, 5) is 13.7. The van der Waals surface area contributed by atoms with E-state index in [1.54, 1.807) is 0 Å². The molecule has 0 unspecified atom stereocenters. The number of nitrogens with two attached hydrogens (primary N) is 1. The van der Waals surface area contributed by atoms with Gasteiger partial charge in [-0.15, -0.1) is 10.2 Å². The van der Waals surface area contributed by atoms with Crippen LogP contribution in [0.15, 0.2) is 24.3 Å². The molecule has 0 fully saturated rings. The van der Waals surface area contributed by atoms with Crippen LogP contribution in [0.3, 0.4) is 0 Å². The van der Waals surface area contributed by atoms with Gasteiger partial charge in [-0.05, 0) is 23.5 Å². The maximum absolute atomic E-state index is 11.6. The first kappa shape index (κ1) is 14.6. The zero-order valence-electron chi connectivity index (χ0n) is 13.0. The van der Waals surface area contributed by atoms with E-state index in [1.807, 2.05) is 4.57 Å². The molecule has 1 aromatic carbocycles. The molecule has 6 nitrogen and oxygen atoms in total. The molecule has 0 bridgehead atoms.